The number of nitrogens with zero attached hydrogens (tertiary/aromatic N) is 3. The van der Waals surface area contributed by atoms with Gasteiger partial charge < -0.3 is 9.74 Å². The molecule has 0 unspecified atom stereocenters. The van der Waals surface area contributed by atoms with Gasteiger partial charge in [-0.05, 0) is 73.9 Å². The molecule has 8 nitrogen and oxygen atoms in total. The van der Waals surface area contributed by atoms with Crippen molar-refractivity contribution in [2.24, 2.45) is 0 Å². The van der Waals surface area contributed by atoms with Crippen molar-refractivity contribution >= 4 is 43.1 Å². The van der Waals surface area contributed by atoms with Crippen LogP contribution in [0.3, 0.4) is 0 Å². The van der Waals surface area contributed by atoms with Crippen LogP contribution in [0.2, 0.25) is 23.2 Å². The summed E-state index contributed by atoms with van der Waals surface area (Å²) in [4.78, 5) is 47.5. The van der Waals surface area contributed by atoms with Crippen LogP contribution in [0.5, 0.6) is 5.75 Å². The lowest BCUT2D eigenvalue weighted by Crippen LogP contribution is -2.43. The minimum atomic E-state index is -2.13. The number of hydrogen-bond donors (Lipinski definition) is 1. The van der Waals surface area contributed by atoms with E-state index in [0.717, 1.165) is 0 Å². The fraction of sp³-hybridized carbons (Fsp3) is 0.323. The van der Waals surface area contributed by atoms with Crippen molar-refractivity contribution in [2.75, 3.05) is 0 Å². The van der Waals surface area contributed by atoms with Crippen molar-refractivity contribution in [1.82, 2.24) is 19.9 Å². The Kier molecular flexibility index (Phi) is 8.51. The molecular formula is C31H35ClN4O4Si. The SMILES string of the molecule is CC(C)NC(=O)Cn1c(-c2cccc(O[Si](C)(C)C(C)(C)C)c2)nc2ncc(-c3cc(Cl)cc(C=O)c3)cc2c1=O. The second kappa shape index (κ2) is 11.6. The highest BCUT2D eigenvalue weighted by molar-refractivity contribution is 6.74. The number of rotatable bonds is 8. The molecule has 0 bridgehead atoms. The molecule has 0 aliphatic heterocycles. The van der Waals surface area contributed by atoms with Crippen LogP contribution in [-0.2, 0) is 11.3 Å². The van der Waals surface area contributed by atoms with Crippen LogP contribution in [0.25, 0.3) is 33.5 Å². The van der Waals surface area contributed by atoms with Gasteiger partial charge in [-0.15, -0.1) is 0 Å². The second-order valence-corrected chi connectivity index (χ2v) is 17.1. The molecule has 1 amide bonds. The summed E-state index contributed by atoms with van der Waals surface area (Å²) in [6.07, 6.45) is 2.30. The smallest absolute Gasteiger partial charge is 0.263 e. The molecule has 1 N–H and O–H groups in total. The molecule has 4 rings (SSSR count). The first kappa shape index (κ1) is 30.1. The van der Waals surface area contributed by atoms with Crippen molar-refractivity contribution in [3.8, 4) is 28.3 Å². The number of benzene rings is 2. The molecule has 41 heavy (non-hydrogen) atoms. The zero-order chi connectivity index (χ0) is 30.1. The van der Waals surface area contributed by atoms with Gasteiger partial charge in [0.05, 0.1) is 5.39 Å². The fourth-order valence-corrected chi connectivity index (χ4v) is 5.40. The number of fused-ring (bicyclic) bond motifs is 1. The molecule has 0 aliphatic rings. The van der Waals surface area contributed by atoms with Crippen LogP contribution in [0, 0.1) is 0 Å². The van der Waals surface area contributed by atoms with Crippen molar-refractivity contribution in [2.45, 2.75) is 65.3 Å². The number of amides is 1. The number of hydrogen-bond acceptors (Lipinski definition) is 6. The Morgan fingerprint density at radius 3 is 2.49 bits per heavy atom. The van der Waals surface area contributed by atoms with Gasteiger partial charge in [0.25, 0.3) is 5.56 Å². The summed E-state index contributed by atoms with van der Waals surface area (Å²) in [6, 6.07) is 13.9. The van der Waals surface area contributed by atoms with Gasteiger partial charge in [0, 0.05) is 34.0 Å². The first-order valence-electron chi connectivity index (χ1n) is 13.4. The number of carbonyl (C=O) groups excluding carboxylic acids is 2. The van der Waals surface area contributed by atoms with Crippen LogP contribution >= 0.6 is 11.6 Å². The topological polar surface area (TPSA) is 103 Å². The van der Waals surface area contributed by atoms with Gasteiger partial charge in [-0.2, -0.15) is 0 Å². The molecule has 2 heterocycles. The minimum absolute atomic E-state index is 0.00166. The van der Waals surface area contributed by atoms with E-state index in [0.29, 0.717) is 45.1 Å². The average molecular weight is 591 g/mol. The average Bonchev–Trinajstić information content (AvgIpc) is 2.88. The number of halogens is 1. The lowest BCUT2D eigenvalue weighted by atomic mass is 10.0. The Hall–Kier alpha value is -3.82. The largest absolute Gasteiger partial charge is 0.543 e. The maximum absolute atomic E-state index is 14.0. The Bertz CT molecular complexity index is 1690. The number of carbonyl (C=O) groups is 2. The van der Waals surface area contributed by atoms with E-state index in [4.69, 9.17) is 21.0 Å². The number of pyridine rings is 1. The third kappa shape index (κ3) is 6.74. The molecule has 0 saturated heterocycles. The van der Waals surface area contributed by atoms with E-state index >= 15 is 0 Å². The van der Waals surface area contributed by atoms with Crippen molar-refractivity contribution in [3.63, 3.8) is 0 Å². The molecule has 0 aliphatic carbocycles. The van der Waals surface area contributed by atoms with Gasteiger partial charge in [-0.25, -0.2) is 9.97 Å². The van der Waals surface area contributed by atoms with E-state index < -0.39 is 13.9 Å². The summed E-state index contributed by atoms with van der Waals surface area (Å²) in [5.41, 5.74) is 2.10. The molecule has 0 saturated carbocycles. The number of aromatic nitrogens is 3. The first-order valence-corrected chi connectivity index (χ1v) is 16.7. The van der Waals surface area contributed by atoms with Crippen LogP contribution in [-0.4, -0.2) is 41.1 Å². The second-order valence-electron chi connectivity index (χ2n) is 11.9. The van der Waals surface area contributed by atoms with E-state index in [9.17, 15) is 14.4 Å². The third-order valence-corrected chi connectivity index (χ3v) is 11.8. The summed E-state index contributed by atoms with van der Waals surface area (Å²) >= 11 is 6.21. The lowest BCUT2D eigenvalue weighted by molar-refractivity contribution is -0.122. The maximum Gasteiger partial charge on any atom is 0.263 e. The molecule has 0 spiro atoms. The fourth-order valence-electron chi connectivity index (χ4n) is 4.14. The predicted octanol–water partition coefficient (Wildman–Crippen LogP) is 6.50. The van der Waals surface area contributed by atoms with Crippen molar-refractivity contribution in [3.05, 3.63) is 75.7 Å². The summed E-state index contributed by atoms with van der Waals surface area (Å²) in [5, 5.41) is 3.48. The van der Waals surface area contributed by atoms with E-state index in [1.807, 2.05) is 38.1 Å². The molecule has 0 radical (unpaired) electrons. The molecular weight excluding hydrogens is 556 g/mol. The van der Waals surface area contributed by atoms with Crippen molar-refractivity contribution in [1.29, 1.82) is 0 Å². The van der Waals surface area contributed by atoms with Gasteiger partial charge in [-0.3, -0.25) is 19.0 Å². The van der Waals surface area contributed by atoms with Crippen LogP contribution in [0.4, 0.5) is 0 Å². The van der Waals surface area contributed by atoms with Crippen LogP contribution in [0.1, 0.15) is 45.0 Å². The molecule has 214 valence electrons. The monoisotopic (exact) mass is 590 g/mol. The van der Waals surface area contributed by atoms with Gasteiger partial charge in [0.15, 0.2) is 5.65 Å². The Balaban J connectivity index is 1.88. The van der Waals surface area contributed by atoms with E-state index in [2.05, 4.69) is 44.2 Å². The highest BCUT2D eigenvalue weighted by Crippen LogP contribution is 2.38. The molecule has 2 aromatic carbocycles. The molecule has 0 atom stereocenters. The summed E-state index contributed by atoms with van der Waals surface area (Å²) in [6.45, 7) is 14.3. The molecule has 10 heteroatoms. The minimum Gasteiger partial charge on any atom is -0.543 e. The highest BCUT2D eigenvalue weighted by Gasteiger charge is 2.39. The molecule has 0 fully saturated rings. The Morgan fingerprint density at radius 2 is 1.83 bits per heavy atom. The molecule has 2 aromatic heterocycles. The predicted molar refractivity (Wildman–Crippen MR) is 166 cm³/mol. The van der Waals surface area contributed by atoms with Crippen LogP contribution in [0.15, 0.2) is 59.5 Å². The van der Waals surface area contributed by atoms with Gasteiger partial charge in [-0.1, -0.05) is 44.5 Å². The van der Waals surface area contributed by atoms with E-state index in [1.54, 1.807) is 30.5 Å². The zero-order valence-electron chi connectivity index (χ0n) is 24.4. The summed E-state index contributed by atoms with van der Waals surface area (Å²) in [7, 11) is -2.13. The normalized spacial score (nSPS) is 12.0. The van der Waals surface area contributed by atoms with Gasteiger partial charge in [0.2, 0.25) is 14.2 Å². The maximum atomic E-state index is 14.0. The number of aldehydes is 1. The standard InChI is InChI=1S/C31H35ClN4O4Si/c1-19(2)34-27(38)17-36-29(21-9-8-10-25(14-21)40-41(6,7)31(3,4)5)35-28-26(30(36)39)15-23(16-33-28)22-11-20(18-37)12-24(32)13-22/h8-16,18-19H,17H2,1-7H3,(H,34,38). The Labute approximate surface area is 245 Å². The lowest BCUT2D eigenvalue weighted by Gasteiger charge is -2.36. The zero-order valence-corrected chi connectivity index (χ0v) is 26.2. The molecule has 4 aromatic rings. The summed E-state index contributed by atoms with van der Waals surface area (Å²) < 4.78 is 7.87. The number of nitrogens with one attached hydrogen (secondary N) is 1. The third-order valence-electron chi connectivity index (χ3n) is 7.22. The highest BCUT2D eigenvalue weighted by atomic mass is 35.5. The Morgan fingerprint density at radius 1 is 1.10 bits per heavy atom. The van der Waals surface area contributed by atoms with Crippen molar-refractivity contribution < 1.29 is 14.0 Å². The first-order chi connectivity index (χ1) is 19.2. The van der Waals surface area contributed by atoms with Gasteiger partial charge in [0.1, 0.15) is 24.4 Å². The van der Waals surface area contributed by atoms with Crippen LogP contribution < -0.4 is 15.3 Å². The van der Waals surface area contributed by atoms with Gasteiger partial charge >= 0.3 is 0 Å². The quantitative estimate of drug-likeness (QED) is 0.186. The summed E-state index contributed by atoms with van der Waals surface area (Å²) in [5.74, 6) is 0.679. The van der Waals surface area contributed by atoms with E-state index in [1.165, 1.54) is 4.57 Å². The van der Waals surface area contributed by atoms with E-state index in [-0.39, 0.29) is 34.6 Å².